The largest absolute Gasteiger partial charge is 0.484 e. The van der Waals surface area contributed by atoms with Gasteiger partial charge in [-0.1, -0.05) is 6.07 Å². The Morgan fingerprint density at radius 1 is 1.19 bits per heavy atom. The van der Waals surface area contributed by atoms with Gasteiger partial charge in [-0.2, -0.15) is 11.8 Å². The molecule has 166 valence electrons. The number of ether oxygens (including phenoxy) is 4. The lowest BCUT2D eigenvalue weighted by molar-refractivity contribution is -0.141. The van der Waals surface area contributed by atoms with Crippen molar-refractivity contribution in [2.24, 2.45) is 0 Å². The van der Waals surface area contributed by atoms with Gasteiger partial charge in [0.1, 0.15) is 17.5 Å². The first-order chi connectivity index (χ1) is 15.4. The topological polar surface area (TPSA) is 120 Å². The molecule has 1 unspecified atom stereocenters. The van der Waals surface area contributed by atoms with Crippen LogP contribution in [-0.4, -0.2) is 54.2 Å². The Labute approximate surface area is 187 Å². The van der Waals surface area contributed by atoms with Crippen molar-refractivity contribution >= 4 is 35.5 Å². The Kier molecular flexibility index (Phi) is 6.22. The number of carbonyl (C=O) groups excluding carboxylic acids is 2. The maximum atomic E-state index is 12.6. The van der Waals surface area contributed by atoms with E-state index in [4.69, 9.17) is 24.1 Å². The molecule has 2 heterocycles. The molecule has 9 nitrogen and oxygen atoms in total. The zero-order valence-corrected chi connectivity index (χ0v) is 17.8. The van der Waals surface area contributed by atoms with Gasteiger partial charge >= 0.3 is 5.97 Å². The van der Waals surface area contributed by atoms with E-state index in [1.807, 2.05) is 0 Å². The minimum Gasteiger partial charge on any atom is -0.484 e. The standard InChI is InChI=1S/C22H19NO8S/c1-32-10-15(22(26)27)23-20(24)9-28-13-3-4-14-17(8-13)31-19(21(14)25)7-12-2-5-16-18(6-12)30-11-29-16/h2-8,15H,9-11H2,1H3,(H,23,24)(H,26,27). The lowest BCUT2D eigenvalue weighted by atomic mass is 10.1. The molecule has 0 fully saturated rings. The average Bonchev–Trinajstić information content (AvgIpc) is 3.36. The number of carbonyl (C=O) groups is 3. The molecule has 1 atom stereocenters. The van der Waals surface area contributed by atoms with Crippen LogP contribution in [-0.2, 0) is 9.59 Å². The number of aliphatic carboxylic acids is 1. The van der Waals surface area contributed by atoms with Crippen molar-refractivity contribution in [3.05, 3.63) is 53.3 Å². The van der Waals surface area contributed by atoms with E-state index in [0.29, 0.717) is 28.6 Å². The van der Waals surface area contributed by atoms with Crippen LogP contribution >= 0.6 is 11.8 Å². The molecule has 2 aromatic rings. The molecule has 0 saturated heterocycles. The summed E-state index contributed by atoms with van der Waals surface area (Å²) in [7, 11) is 0. The number of ketones is 1. The van der Waals surface area contributed by atoms with Gasteiger partial charge in [-0.3, -0.25) is 9.59 Å². The number of amides is 1. The number of hydrogen-bond acceptors (Lipinski definition) is 8. The van der Waals surface area contributed by atoms with Crippen LogP contribution in [0.15, 0.2) is 42.2 Å². The first-order valence-electron chi connectivity index (χ1n) is 9.56. The molecule has 0 aliphatic carbocycles. The Bertz CT molecular complexity index is 1110. The van der Waals surface area contributed by atoms with Crippen molar-refractivity contribution in [3.63, 3.8) is 0 Å². The molecule has 0 bridgehead atoms. The van der Waals surface area contributed by atoms with Crippen LogP contribution < -0.4 is 24.3 Å². The molecule has 2 aromatic carbocycles. The van der Waals surface area contributed by atoms with Crippen molar-refractivity contribution in [2.45, 2.75) is 6.04 Å². The Morgan fingerprint density at radius 2 is 2.00 bits per heavy atom. The average molecular weight is 457 g/mol. The van der Waals surface area contributed by atoms with Crippen LogP contribution in [0.2, 0.25) is 0 Å². The third kappa shape index (κ3) is 4.65. The van der Waals surface area contributed by atoms with E-state index < -0.39 is 17.9 Å². The Hall–Kier alpha value is -3.66. The molecule has 0 saturated carbocycles. The first-order valence-corrected chi connectivity index (χ1v) is 11.0. The van der Waals surface area contributed by atoms with Gasteiger partial charge in [0, 0.05) is 11.8 Å². The maximum Gasteiger partial charge on any atom is 0.327 e. The number of allylic oxidation sites excluding steroid dienone is 1. The molecule has 0 radical (unpaired) electrons. The fourth-order valence-electron chi connectivity index (χ4n) is 3.14. The van der Waals surface area contributed by atoms with Gasteiger partial charge < -0.3 is 29.4 Å². The Balaban J connectivity index is 1.40. The van der Waals surface area contributed by atoms with E-state index in [1.165, 1.54) is 17.8 Å². The van der Waals surface area contributed by atoms with Crippen molar-refractivity contribution in [1.29, 1.82) is 0 Å². The van der Waals surface area contributed by atoms with Crippen LogP contribution in [0.25, 0.3) is 6.08 Å². The smallest absolute Gasteiger partial charge is 0.327 e. The van der Waals surface area contributed by atoms with Crippen LogP contribution in [0.4, 0.5) is 0 Å². The maximum absolute atomic E-state index is 12.6. The minimum atomic E-state index is -1.11. The van der Waals surface area contributed by atoms with Crippen molar-refractivity contribution < 1.29 is 38.4 Å². The van der Waals surface area contributed by atoms with Crippen LogP contribution in [0.5, 0.6) is 23.0 Å². The molecule has 0 aromatic heterocycles. The van der Waals surface area contributed by atoms with Gasteiger partial charge in [0.25, 0.3) is 5.91 Å². The highest BCUT2D eigenvalue weighted by Crippen LogP contribution is 2.37. The lowest BCUT2D eigenvalue weighted by Gasteiger charge is -2.13. The van der Waals surface area contributed by atoms with Gasteiger partial charge in [-0.25, -0.2) is 4.79 Å². The summed E-state index contributed by atoms with van der Waals surface area (Å²) < 4.78 is 21.8. The number of hydrogen-bond donors (Lipinski definition) is 2. The predicted octanol–water partition coefficient (Wildman–Crippen LogP) is 2.34. The summed E-state index contributed by atoms with van der Waals surface area (Å²) in [6.07, 6.45) is 3.36. The van der Waals surface area contributed by atoms with E-state index in [2.05, 4.69) is 5.32 Å². The highest BCUT2D eigenvalue weighted by atomic mass is 32.2. The summed E-state index contributed by atoms with van der Waals surface area (Å²) in [5.74, 6) is 0.305. The molecule has 32 heavy (non-hydrogen) atoms. The number of rotatable bonds is 8. The quantitative estimate of drug-likeness (QED) is 0.576. The number of carboxylic acids is 1. The van der Waals surface area contributed by atoms with E-state index >= 15 is 0 Å². The summed E-state index contributed by atoms with van der Waals surface area (Å²) in [4.78, 5) is 35.8. The molecule has 1 amide bonds. The monoisotopic (exact) mass is 457 g/mol. The minimum absolute atomic E-state index is 0.148. The molecule has 4 rings (SSSR count). The summed E-state index contributed by atoms with van der Waals surface area (Å²) in [6.45, 7) is -0.212. The third-order valence-electron chi connectivity index (χ3n) is 4.67. The molecular formula is C22H19NO8S. The zero-order chi connectivity index (χ0) is 22.7. The van der Waals surface area contributed by atoms with E-state index in [9.17, 15) is 14.4 Å². The predicted molar refractivity (Wildman–Crippen MR) is 115 cm³/mol. The number of benzene rings is 2. The second kappa shape index (κ2) is 9.23. The second-order valence-corrected chi connectivity index (χ2v) is 7.82. The van der Waals surface area contributed by atoms with Gasteiger partial charge in [-0.15, -0.1) is 0 Å². The van der Waals surface area contributed by atoms with Crippen LogP contribution in [0.1, 0.15) is 15.9 Å². The van der Waals surface area contributed by atoms with Crippen LogP contribution in [0, 0.1) is 0 Å². The fourth-order valence-corrected chi connectivity index (χ4v) is 3.70. The molecule has 2 aliphatic heterocycles. The van der Waals surface area contributed by atoms with E-state index in [-0.39, 0.29) is 30.7 Å². The molecule has 2 aliphatic rings. The van der Waals surface area contributed by atoms with Crippen molar-refractivity contribution in [2.75, 3.05) is 25.4 Å². The number of Topliss-reactive ketones (excluding diaryl/α,β-unsaturated/α-hetero) is 1. The number of thioether (sulfide) groups is 1. The zero-order valence-electron chi connectivity index (χ0n) is 17.0. The van der Waals surface area contributed by atoms with Gasteiger partial charge in [0.15, 0.2) is 23.9 Å². The summed E-state index contributed by atoms with van der Waals surface area (Å²) in [5.41, 5.74) is 1.09. The van der Waals surface area contributed by atoms with Gasteiger partial charge in [0.2, 0.25) is 12.6 Å². The molecule has 0 spiro atoms. The summed E-state index contributed by atoms with van der Waals surface area (Å²) in [6, 6.07) is 8.92. The molecule has 2 N–H and O–H groups in total. The van der Waals surface area contributed by atoms with Crippen LogP contribution in [0.3, 0.4) is 0 Å². The lowest BCUT2D eigenvalue weighted by Crippen LogP contribution is -2.44. The third-order valence-corrected chi connectivity index (χ3v) is 5.34. The highest BCUT2D eigenvalue weighted by Gasteiger charge is 2.28. The molecule has 10 heteroatoms. The highest BCUT2D eigenvalue weighted by molar-refractivity contribution is 7.98. The SMILES string of the molecule is CSCC(NC(=O)COc1ccc2c(c1)OC(=Cc1ccc3c(c1)OCO3)C2=O)C(=O)O. The Morgan fingerprint density at radius 3 is 2.78 bits per heavy atom. The molecular weight excluding hydrogens is 438 g/mol. The second-order valence-electron chi connectivity index (χ2n) is 6.91. The number of carboxylic acid groups (broad SMARTS) is 1. The van der Waals surface area contributed by atoms with E-state index in [0.717, 1.165) is 5.56 Å². The van der Waals surface area contributed by atoms with Crippen molar-refractivity contribution in [3.8, 4) is 23.0 Å². The fraction of sp³-hybridized carbons (Fsp3) is 0.227. The number of fused-ring (bicyclic) bond motifs is 2. The van der Waals surface area contributed by atoms with Gasteiger partial charge in [-0.05, 0) is 42.2 Å². The van der Waals surface area contributed by atoms with Gasteiger partial charge in [0.05, 0.1) is 5.56 Å². The first kappa shape index (κ1) is 21.6. The summed E-state index contributed by atoms with van der Waals surface area (Å²) in [5, 5.41) is 11.5. The van der Waals surface area contributed by atoms with Crippen molar-refractivity contribution in [1.82, 2.24) is 5.32 Å². The number of nitrogens with one attached hydrogen (secondary N) is 1. The van der Waals surface area contributed by atoms with E-state index in [1.54, 1.807) is 42.7 Å². The normalized spacial score (nSPS) is 15.8. The summed E-state index contributed by atoms with van der Waals surface area (Å²) >= 11 is 1.31.